The minimum absolute atomic E-state index is 0.0383. The van der Waals surface area contributed by atoms with E-state index < -0.39 is 0 Å². The summed E-state index contributed by atoms with van der Waals surface area (Å²) in [6, 6.07) is 0.385. The molecule has 0 spiro atoms. The van der Waals surface area contributed by atoms with Gasteiger partial charge in [0.1, 0.15) is 5.03 Å². The molecule has 0 aromatic carbocycles. The molecule has 1 saturated carbocycles. The first kappa shape index (κ1) is 11.8. The number of aromatic nitrogens is 2. The van der Waals surface area contributed by atoms with Crippen molar-refractivity contribution >= 4 is 17.7 Å². The SMILES string of the molecule is O=C(CSc1nc(=O)[nH]c2c1CCC2)NC1CC1. The molecule has 2 aliphatic carbocycles. The van der Waals surface area contributed by atoms with Crippen LogP contribution in [0.25, 0.3) is 0 Å². The number of amides is 1. The van der Waals surface area contributed by atoms with Gasteiger partial charge in [0.2, 0.25) is 5.91 Å². The molecule has 6 heteroatoms. The van der Waals surface area contributed by atoms with Crippen LogP contribution in [0.15, 0.2) is 9.82 Å². The monoisotopic (exact) mass is 265 g/mol. The average Bonchev–Trinajstić information content (AvgIpc) is 3.01. The highest BCUT2D eigenvalue weighted by Crippen LogP contribution is 2.27. The van der Waals surface area contributed by atoms with Gasteiger partial charge in [-0.05, 0) is 32.1 Å². The molecule has 0 radical (unpaired) electrons. The van der Waals surface area contributed by atoms with E-state index in [9.17, 15) is 9.59 Å². The molecule has 0 aliphatic heterocycles. The Kier molecular flexibility index (Phi) is 3.11. The number of nitrogens with zero attached hydrogens (tertiary/aromatic N) is 1. The lowest BCUT2D eigenvalue weighted by atomic mass is 10.3. The fourth-order valence-electron chi connectivity index (χ4n) is 2.18. The highest BCUT2D eigenvalue weighted by atomic mass is 32.2. The van der Waals surface area contributed by atoms with Gasteiger partial charge in [0, 0.05) is 17.3 Å². The maximum atomic E-state index is 11.6. The minimum Gasteiger partial charge on any atom is -0.353 e. The molecule has 5 nitrogen and oxygen atoms in total. The van der Waals surface area contributed by atoms with Crippen molar-refractivity contribution in [1.29, 1.82) is 0 Å². The molecule has 1 aromatic heterocycles. The predicted molar refractivity (Wildman–Crippen MR) is 68.8 cm³/mol. The molecule has 0 unspecified atom stereocenters. The lowest BCUT2D eigenvalue weighted by Gasteiger charge is -2.06. The Morgan fingerprint density at radius 3 is 3.06 bits per heavy atom. The van der Waals surface area contributed by atoms with Gasteiger partial charge in [0.15, 0.2) is 0 Å². The zero-order valence-corrected chi connectivity index (χ0v) is 10.8. The van der Waals surface area contributed by atoms with Crippen LogP contribution in [-0.2, 0) is 17.6 Å². The van der Waals surface area contributed by atoms with Crippen molar-refractivity contribution in [2.24, 2.45) is 0 Å². The fraction of sp³-hybridized carbons (Fsp3) is 0.583. The van der Waals surface area contributed by atoms with Crippen LogP contribution in [0.4, 0.5) is 0 Å². The van der Waals surface area contributed by atoms with Gasteiger partial charge in [-0.3, -0.25) is 4.79 Å². The summed E-state index contributed by atoms with van der Waals surface area (Å²) in [5.41, 5.74) is 1.82. The number of hydrogen-bond acceptors (Lipinski definition) is 4. The molecule has 1 fully saturated rings. The Labute approximate surface area is 109 Å². The summed E-state index contributed by atoms with van der Waals surface area (Å²) < 4.78 is 0. The van der Waals surface area contributed by atoms with Crippen molar-refractivity contribution in [2.45, 2.75) is 43.2 Å². The van der Waals surface area contributed by atoms with E-state index in [4.69, 9.17) is 0 Å². The van der Waals surface area contributed by atoms with E-state index in [1.165, 1.54) is 11.8 Å². The van der Waals surface area contributed by atoms with Crippen LogP contribution in [0.2, 0.25) is 0 Å². The predicted octanol–water partition coefficient (Wildman–Crippen LogP) is 0.629. The van der Waals surface area contributed by atoms with E-state index in [2.05, 4.69) is 15.3 Å². The van der Waals surface area contributed by atoms with E-state index in [0.29, 0.717) is 11.8 Å². The molecule has 96 valence electrons. The summed E-state index contributed by atoms with van der Waals surface area (Å²) in [4.78, 5) is 29.8. The van der Waals surface area contributed by atoms with Crippen LogP contribution < -0.4 is 11.0 Å². The van der Waals surface area contributed by atoms with Gasteiger partial charge in [-0.15, -0.1) is 0 Å². The number of carbonyl (C=O) groups is 1. The largest absolute Gasteiger partial charge is 0.353 e. The zero-order chi connectivity index (χ0) is 12.5. The van der Waals surface area contributed by atoms with E-state index in [1.54, 1.807) is 0 Å². The number of hydrogen-bond donors (Lipinski definition) is 2. The Bertz CT molecular complexity index is 537. The fourth-order valence-corrected chi connectivity index (χ4v) is 3.08. The number of fused-ring (bicyclic) bond motifs is 1. The molecule has 1 amide bonds. The number of nitrogens with one attached hydrogen (secondary N) is 2. The van der Waals surface area contributed by atoms with E-state index in [1.807, 2.05) is 0 Å². The second kappa shape index (κ2) is 4.76. The van der Waals surface area contributed by atoms with Crippen molar-refractivity contribution in [1.82, 2.24) is 15.3 Å². The third-order valence-corrected chi connectivity index (χ3v) is 4.24. The van der Waals surface area contributed by atoms with E-state index >= 15 is 0 Å². The van der Waals surface area contributed by atoms with Gasteiger partial charge in [-0.25, -0.2) is 4.79 Å². The lowest BCUT2D eigenvalue weighted by Crippen LogP contribution is -2.27. The topological polar surface area (TPSA) is 74.8 Å². The first-order valence-corrected chi connectivity index (χ1v) is 7.25. The quantitative estimate of drug-likeness (QED) is 0.618. The average molecular weight is 265 g/mol. The summed E-state index contributed by atoms with van der Waals surface area (Å²) in [7, 11) is 0. The number of H-pyrrole nitrogens is 1. The van der Waals surface area contributed by atoms with Crippen LogP contribution in [0.1, 0.15) is 30.5 Å². The summed E-state index contributed by atoms with van der Waals surface area (Å²) in [6.07, 6.45) is 5.10. The van der Waals surface area contributed by atoms with Crippen molar-refractivity contribution in [3.05, 3.63) is 21.7 Å². The van der Waals surface area contributed by atoms with Gasteiger partial charge in [-0.1, -0.05) is 11.8 Å². The smallest absolute Gasteiger partial charge is 0.346 e. The maximum Gasteiger partial charge on any atom is 0.346 e. The Hall–Kier alpha value is -1.30. The molecular weight excluding hydrogens is 250 g/mol. The number of thioether (sulfide) groups is 1. The molecule has 2 N–H and O–H groups in total. The van der Waals surface area contributed by atoms with Crippen molar-refractivity contribution in [3.8, 4) is 0 Å². The van der Waals surface area contributed by atoms with Crippen molar-refractivity contribution < 1.29 is 4.79 Å². The third-order valence-electron chi connectivity index (χ3n) is 3.22. The first-order chi connectivity index (χ1) is 8.72. The molecule has 1 heterocycles. The van der Waals surface area contributed by atoms with E-state index in [-0.39, 0.29) is 11.6 Å². The highest BCUT2D eigenvalue weighted by molar-refractivity contribution is 7.99. The number of carbonyl (C=O) groups excluding carboxylic acids is 1. The van der Waals surface area contributed by atoms with Crippen LogP contribution in [-0.4, -0.2) is 27.7 Å². The summed E-state index contributed by atoms with van der Waals surface area (Å²) in [6.45, 7) is 0. The number of aromatic amines is 1. The molecule has 0 bridgehead atoms. The molecule has 0 atom stereocenters. The third kappa shape index (κ3) is 2.58. The van der Waals surface area contributed by atoms with Gasteiger partial charge in [0.25, 0.3) is 0 Å². The number of rotatable bonds is 4. The van der Waals surface area contributed by atoms with Gasteiger partial charge >= 0.3 is 5.69 Å². The van der Waals surface area contributed by atoms with Crippen molar-refractivity contribution in [3.63, 3.8) is 0 Å². The maximum absolute atomic E-state index is 11.6. The number of aryl methyl sites for hydroxylation is 1. The molecule has 3 rings (SSSR count). The van der Waals surface area contributed by atoms with Gasteiger partial charge in [-0.2, -0.15) is 4.98 Å². The highest BCUT2D eigenvalue weighted by Gasteiger charge is 2.24. The van der Waals surface area contributed by atoms with Crippen LogP contribution in [0.5, 0.6) is 0 Å². The van der Waals surface area contributed by atoms with E-state index in [0.717, 1.165) is 48.4 Å². The molecule has 2 aliphatic rings. The van der Waals surface area contributed by atoms with Crippen LogP contribution in [0, 0.1) is 0 Å². The molecular formula is C12H15N3O2S. The van der Waals surface area contributed by atoms with Crippen LogP contribution in [0.3, 0.4) is 0 Å². The summed E-state index contributed by atoms with van der Waals surface area (Å²) in [5, 5.41) is 3.67. The summed E-state index contributed by atoms with van der Waals surface area (Å²) >= 11 is 1.37. The van der Waals surface area contributed by atoms with Gasteiger partial charge in [0.05, 0.1) is 5.75 Å². The Morgan fingerprint density at radius 1 is 1.44 bits per heavy atom. The summed E-state index contributed by atoms with van der Waals surface area (Å²) in [5.74, 6) is 0.385. The second-order valence-electron chi connectivity index (χ2n) is 4.79. The van der Waals surface area contributed by atoms with Crippen LogP contribution >= 0.6 is 11.8 Å². The zero-order valence-electron chi connectivity index (χ0n) is 9.99. The first-order valence-electron chi connectivity index (χ1n) is 6.26. The van der Waals surface area contributed by atoms with Gasteiger partial charge < -0.3 is 10.3 Å². The molecule has 0 saturated heterocycles. The Morgan fingerprint density at radius 2 is 2.28 bits per heavy atom. The molecule has 1 aromatic rings. The Balaban J connectivity index is 1.68. The molecule has 18 heavy (non-hydrogen) atoms. The normalized spacial score (nSPS) is 17.6. The van der Waals surface area contributed by atoms with Crippen molar-refractivity contribution in [2.75, 3.05) is 5.75 Å². The lowest BCUT2D eigenvalue weighted by molar-refractivity contribution is -0.118. The standard InChI is InChI=1S/C12H15N3O2S/c16-10(13-7-4-5-7)6-18-11-8-2-1-3-9(8)14-12(17)15-11/h7H,1-6H2,(H,13,16)(H,14,15,17). The minimum atomic E-state index is -0.305. The second-order valence-corrected chi connectivity index (χ2v) is 5.75.